The van der Waals surface area contributed by atoms with E-state index in [-0.39, 0.29) is 29.5 Å². The number of sulfonamides is 1. The molecule has 216 valence electrons. The Kier molecular flexibility index (Phi) is 8.60. The first-order chi connectivity index (χ1) is 19.7. The molecule has 0 aliphatic heterocycles. The summed E-state index contributed by atoms with van der Waals surface area (Å²) in [6, 6.07) is 14.5. The van der Waals surface area contributed by atoms with E-state index < -0.39 is 32.7 Å². The van der Waals surface area contributed by atoms with Gasteiger partial charge < -0.3 is 9.47 Å². The number of benzene rings is 2. The van der Waals surface area contributed by atoms with E-state index in [0.29, 0.717) is 25.5 Å². The molecule has 1 aliphatic rings. The zero-order chi connectivity index (χ0) is 29.0. The number of aryl methyl sites for hydroxylation is 1. The van der Waals surface area contributed by atoms with E-state index in [2.05, 4.69) is 26.7 Å². The van der Waals surface area contributed by atoms with E-state index in [1.54, 1.807) is 10.9 Å². The highest BCUT2D eigenvalue weighted by Gasteiger charge is 2.38. The summed E-state index contributed by atoms with van der Waals surface area (Å²) in [4.78, 5) is 6.62. The fraction of sp³-hybridized carbons (Fsp3) is 0.345. The van der Waals surface area contributed by atoms with Gasteiger partial charge in [0.25, 0.3) is 10.0 Å². The number of nitrogens with one attached hydrogen (secondary N) is 1. The average molecular weight is 584 g/mol. The number of anilines is 1. The van der Waals surface area contributed by atoms with Crippen LogP contribution in [0.25, 0.3) is 0 Å². The first-order valence-electron chi connectivity index (χ1n) is 13.3. The summed E-state index contributed by atoms with van der Waals surface area (Å²) in [5, 5.41) is 4.31. The second-order valence-electron chi connectivity index (χ2n) is 10.2. The van der Waals surface area contributed by atoms with Gasteiger partial charge in [-0.2, -0.15) is 5.10 Å². The maximum atomic E-state index is 15.3. The van der Waals surface area contributed by atoms with Crippen molar-refractivity contribution in [3.05, 3.63) is 96.2 Å². The third-order valence-electron chi connectivity index (χ3n) is 7.33. The van der Waals surface area contributed by atoms with Crippen molar-refractivity contribution in [2.45, 2.75) is 55.8 Å². The van der Waals surface area contributed by atoms with Crippen LogP contribution in [0.3, 0.4) is 0 Å². The molecule has 0 spiro atoms. The van der Waals surface area contributed by atoms with Crippen LogP contribution in [0, 0.1) is 17.6 Å². The molecule has 1 saturated carbocycles. The van der Waals surface area contributed by atoms with E-state index in [9.17, 15) is 8.42 Å². The van der Waals surface area contributed by atoms with Gasteiger partial charge in [-0.15, -0.1) is 0 Å². The van der Waals surface area contributed by atoms with Crippen LogP contribution in [0.1, 0.15) is 43.4 Å². The Morgan fingerprint density at radius 1 is 1.05 bits per heavy atom. The fourth-order valence-electron chi connectivity index (χ4n) is 5.35. The molecule has 0 amide bonds. The molecule has 2 aromatic carbocycles. The zero-order valence-electron chi connectivity index (χ0n) is 22.7. The maximum Gasteiger partial charge on any atom is 0.266 e. The number of hydrogen-bond donors (Lipinski definition) is 1. The maximum absolute atomic E-state index is 15.3. The van der Waals surface area contributed by atoms with Crippen LogP contribution in [0.2, 0.25) is 0 Å². The fourth-order valence-corrected chi connectivity index (χ4v) is 6.43. The van der Waals surface area contributed by atoms with Gasteiger partial charge in [-0.3, -0.25) is 9.40 Å². The summed E-state index contributed by atoms with van der Waals surface area (Å²) in [6.07, 6.45) is 5.45. The first kappa shape index (κ1) is 28.6. The minimum Gasteiger partial charge on any atom is -0.487 e. The van der Waals surface area contributed by atoms with Gasteiger partial charge in [0.1, 0.15) is 29.0 Å². The standard InChI is InChI=1S/C29H31F2N5O4S/c1-19-14-21(39-17-20-6-4-3-5-7-20)8-9-25(29(19)24-10-13-34-36(24)2)40-26-15-23(31)27(16-22(26)30)41(37,38)35-28-11-12-32-18-33-28/h3-7,10-13,15-16,18-19,21,25,29H,8-9,14,17H2,1-2H3,(H,32,33,35)/t19-,21+,25-,29+/m0/s1. The molecule has 0 unspecified atom stereocenters. The van der Waals surface area contributed by atoms with Crippen LogP contribution < -0.4 is 9.46 Å². The van der Waals surface area contributed by atoms with E-state index in [4.69, 9.17) is 9.47 Å². The van der Waals surface area contributed by atoms with Crippen molar-refractivity contribution in [2.75, 3.05) is 4.72 Å². The van der Waals surface area contributed by atoms with E-state index >= 15 is 8.78 Å². The van der Waals surface area contributed by atoms with Crippen molar-refractivity contribution in [3.8, 4) is 5.75 Å². The smallest absolute Gasteiger partial charge is 0.266 e. The van der Waals surface area contributed by atoms with Gasteiger partial charge in [0.15, 0.2) is 11.6 Å². The first-order valence-corrected chi connectivity index (χ1v) is 14.8. The summed E-state index contributed by atoms with van der Waals surface area (Å²) in [7, 11) is -2.63. The molecular formula is C29H31F2N5O4S. The Balaban J connectivity index is 1.38. The van der Waals surface area contributed by atoms with Crippen molar-refractivity contribution in [3.63, 3.8) is 0 Å². The molecule has 5 rings (SSSR count). The van der Waals surface area contributed by atoms with Gasteiger partial charge in [0, 0.05) is 43.2 Å². The Morgan fingerprint density at radius 2 is 1.85 bits per heavy atom. The largest absolute Gasteiger partial charge is 0.487 e. The highest BCUT2D eigenvalue weighted by atomic mass is 32.2. The molecule has 9 nitrogen and oxygen atoms in total. The van der Waals surface area contributed by atoms with Crippen LogP contribution in [-0.2, 0) is 28.4 Å². The summed E-state index contributed by atoms with van der Waals surface area (Å²) >= 11 is 0. The molecule has 0 bridgehead atoms. The Bertz CT molecular complexity index is 1570. The molecule has 0 radical (unpaired) electrons. The quantitative estimate of drug-likeness (QED) is 0.269. The minimum absolute atomic E-state index is 0.0586. The lowest BCUT2D eigenvalue weighted by Gasteiger charge is -2.30. The average Bonchev–Trinajstić information content (AvgIpc) is 3.30. The highest BCUT2D eigenvalue weighted by Crippen LogP contribution is 2.40. The number of halogens is 2. The molecule has 2 heterocycles. The summed E-state index contributed by atoms with van der Waals surface area (Å²) in [5.41, 5.74) is 1.97. The van der Waals surface area contributed by atoms with Gasteiger partial charge >= 0.3 is 0 Å². The number of ether oxygens (including phenoxy) is 2. The molecule has 1 N–H and O–H groups in total. The van der Waals surface area contributed by atoms with Gasteiger partial charge in [-0.1, -0.05) is 37.3 Å². The summed E-state index contributed by atoms with van der Waals surface area (Å²) in [5.74, 6) is -2.72. The van der Waals surface area contributed by atoms with Crippen LogP contribution in [0.4, 0.5) is 14.6 Å². The van der Waals surface area contributed by atoms with E-state index in [1.165, 1.54) is 12.3 Å². The lowest BCUT2D eigenvalue weighted by atomic mass is 9.84. The molecule has 1 aliphatic carbocycles. The van der Waals surface area contributed by atoms with Gasteiger partial charge in [0.2, 0.25) is 0 Å². The Labute approximate surface area is 237 Å². The van der Waals surface area contributed by atoms with E-state index in [1.807, 2.05) is 43.4 Å². The third-order valence-corrected chi connectivity index (χ3v) is 8.70. The molecule has 4 aromatic rings. The third kappa shape index (κ3) is 6.71. The number of nitrogens with zero attached hydrogens (tertiary/aromatic N) is 4. The van der Waals surface area contributed by atoms with Crippen molar-refractivity contribution in [2.24, 2.45) is 13.0 Å². The number of aromatic nitrogens is 4. The molecular weight excluding hydrogens is 552 g/mol. The van der Waals surface area contributed by atoms with Gasteiger partial charge in [-0.05, 0) is 42.9 Å². The highest BCUT2D eigenvalue weighted by molar-refractivity contribution is 7.92. The van der Waals surface area contributed by atoms with Gasteiger partial charge in [0.05, 0.1) is 12.7 Å². The second kappa shape index (κ2) is 12.3. The molecule has 12 heteroatoms. The van der Waals surface area contributed by atoms with Crippen molar-refractivity contribution < 1.29 is 26.7 Å². The van der Waals surface area contributed by atoms with Crippen LogP contribution in [-0.4, -0.2) is 40.4 Å². The lowest BCUT2D eigenvalue weighted by Crippen LogP contribution is -2.30. The Hall–Kier alpha value is -3.90. The topological polar surface area (TPSA) is 108 Å². The number of hydrogen-bond acceptors (Lipinski definition) is 7. The summed E-state index contributed by atoms with van der Waals surface area (Å²) < 4.78 is 72.3. The summed E-state index contributed by atoms with van der Waals surface area (Å²) in [6.45, 7) is 2.56. The second-order valence-corrected chi connectivity index (χ2v) is 11.8. The van der Waals surface area contributed by atoms with Crippen LogP contribution >= 0.6 is 0 Å². The monoisotopic (exact) mass is 583 g/mol. The van der Waals surface area contributed by atoms with Crippen LogP contribution in [0.15, 0.2) is 78.2 Å². The lowest BCUT2D eigenvalue weighted by molar-refractivity contribution is 0.0231. The number of rotatable bonds is 9. The predicted octanol–water partition coefficient (Wildman–Crippen LogP) is 5.23. The van der Waals surface area contributed by atoms with Crippen molar-refractivity contribution in [1.82, 2.24) is 19.7 Å². The zero-order valence-corrected chi connectivity index (χ0v) is 23.5. The van der Waals surface area contributed by atoms with E-state index in [0.717, 1.165) is 30.1 Å². The molecule has 2 aromatic heterocycles. The van der Waals surface area contributed by atoms with Crippen molar-refractivity contribution >= 4 is 15.8 Å². The normalized spacial score (nSPS) is 21.3. The molecule has 4 atom stereocenters. The predicted molar refractivity (Wildman–Crippen MR) is 148 cm³/mol. The molecule has 0 saturated heterocycles. The van der Waals surface area contributed by atoms with Gasteiger partial charge in [-0.25, -0.2) is 27.2 Å². The van der Waals surface area contributed by atoms with Crippen molar-refractivity contribution in [1.29, 1.82) is 0 Å². The molecule has 1 fully saturated rings. The van der Waals surface area contributed by atoms with Crippen LogP contribution in [0.5, 0.6) is 5.75 Å². The Morgan fingerprint density at radius 3 is 2.56 bits per heavy atom. The SMILES string of the molecule is C[C@H]1C[C@H](OCc2ccccc2)CC[C@H](Oc2cc(F)c(S(=O)(=O)Nc3ccncn3)cc2F)[C@H]1c1ccnn1C. The minimum atomic E-state index is -4.46. The molecule has 41 heavy (non-hydrogen) atoms.